The number of halogens is 1. The molecule has 0 unspecified atom stereocenters. The lowest BCUT2D eigenvalue weighted by molar-refractivity contribution is 0.0992. The number of nitrogens with zero attached hydrogens (tertiary/aromatic N) is 2. The molecule has 0 atom stereocenters. The molecule has 4 heteroatoms. The van der Waals surface area contributed by atoms with E-state index in [4.69, 9.17) is 0 Å². The maximum Gasteiger partial charge on any atom is 0.168 e. The fourth-order valence-corrected chi connectivity index (χ4v) is 1.80. The zero-order valence-corrected chi connectivity index (χ0v) is 10.0. The molecule has 80 valence electrons. The largest absolute Gasteiger partial charge is 0.294 e. The van der Waals surface area contributed by atoms with E-state index in [1.807, 2.05) is 24.3 Å². The first-order chi connectivity index (χ1) is 7.77. The average molecular weight is 277 g/mol. The summed E-state index contributed by atoms with van der Waals surface area (Å²) in [7, 11) is 0. The SMILES string of the molecule is O=C(Cc1ccccc1Br)c1ccnnc1. The van der Waals surface area contributed by atoms with Gasteiger partial charge in [-0.25, -0.2) is 0 Å². The molecule has 3 nitrogen and oxygen atoms in total. The molecule has 0 saturated carbocycles. The lowest BCUT2D eigenvalue weighted by Gasteiger charge is -2.02. The molecule has 0 aliphatic carbocycles. The van der Waals surface area contributed by atoms with Gasteiger partial charge in [-0.2, -0.15) is 10.2 Å². The number of hydrogen-bond acceptors (Lipinski definition) is 3. The Hall–Kier alpha value is -1.55. The molecular weight excluding hydrogens is 268 g/mol. The number of Topliss-reactive ketones (excluding diaryl/α,β-unsaturated/α-hetero) is 1. The van der Waals surface area contributed by atoms with E-state index >= 15 is 0 Å². The Morgan fingerprint density at radius 3 is 2.69 bits per heavy atom. The van der Waals surface area contributed by atoms with Gasteiger partial charge in [-0.15, -0.1) is 0 Å². The van der Waals surface area contributed by atoms with Gasteiger partial charge in [-0.05, 0) is 17.7 Å². The Bertz CT molecular complexity index is 499. The van der Waals surface area contributed by atoms with E-state index in [2.05, 4.69) is 26.1 Å². The van der Waals surface area contributed by atoms with Crippen LogP contribution in [0.2, 0.25) is 0 Å². The van der Waals surface area contributed by atoms with Gasteiger partial charge in [0.05, 0.1) is 12.4 Å². The molecule has 1 aromatic carbocycles. The van der Waals surface area contributed by atoms with Gasteiger partial charge < -0.3 is 0 Å². The van der Waals surface area contributed by atoms with Crippen molar-refractivity contribution in [3.8, 4) is 0 Å². The average Bonchev–Trinajstić information content (AvgIpc) is 2.33. The first-order valence-corrected chi connectivity index (χ1v) is 5.60. The first-order valence-electron chi connectivity index (χ1n) is 4.80. The molecule has 0 amide bonds. The summed E-state index contributed by atoms with van der Waals surface area (Å²) in [6.07, 6.45) is 3.37. The molecule has 0 fully saturated rings. The summed E-state index contributed by atoms with van der Waals surface area (Å²) in [6.45, 7) is 0. The molecule has 2 aromatic rings. The molecule has 1 heterocycles. The van der Waals surface area contributed by atoms with Crippen LogP contribution in [0.1, 0.15) is 15.9 Å². The van der Waals surface area contributed by atoms with Crippen LogP contribution in [0.25, 0.3) is 0 Å². The van der Waals surface area contributed by atoms with Crippen molar-refractivity contribution < 1.29 is 4.79 Å². The van der Waals surface area contributed by atoms with Crippen molar-refractivity contribution in [1.29, 1.82) is 0 Å². The van der Waals surface area contributed by atoms with Gasteiger partial charge in [0.2, 0.25) is 0 Å². The van der Waals surface area contributed by atoms with Crippen LogP contribution in [-0.2, 0) is 6.42 Å². The van der Waals surface area contributed by atoms with Crippen LogP contribution in [0.5, 0.6) is 0 Å². The summed E-state index contributed by atoms with van der Waals surface area (Å²) >= 11 is 3.42. The highest BCUT2D eigenvalue weighted by molar-refractivity contribution is 9.10. The third kappa shape index (κ3) is 2.52. The molecule has 0 aliphatic rings. The molecule has 1 aromatic heterocycles. The van der Waals surface area contributed by atoms with E-state index in [9.17, 15) is 4.79 Å². The second-order valence-corrected chi connectivity index (χ2v) is 4.18. The predicted octanol–water partition coefficient (Wildman–Crippen LogP) is 2.66. The number of rotatable bonds is 3. The van der Waals surface area contributed by atoms with Gasteiger partial charge in [0.1, 0.15) is 0 Å². The van der Waals surface area contributed by atoms with Crippen LogP contribution in [0.4, 0.5) is 0 Å². The van der Waals surface area contributed by atoms with Gasteiger partial charge in [-0.3, -0.25) is 4.79 Å². The first kappa shape index (κ1) is 11.0. The van der Waals surface area contributed by atoms with Crippen molar-refractivity contribution in [2.75, 3.05) is 0 Å². The fourth-order valence-electron chi connectivity index (χ4n) is 1.37. The molecular formula is C12H9BrN2O. The van der Waals surface area contributed by atoms with Crippen LogP contribution in [0.3, 0.4) is 0 Å². The zero-order chi connectivity index (χ0) is 11.4. The fraction of sp³-hybridized carbons (Fsp3) is 0.0833. The van der Waals surface area contributed by atoms with E-state index in [0.29, 0.717) is 12.0 Å². The normalized spacial score (nSPS) is 10.1. The smallest absolute Gasteiger partial charge is 0.168 e. The molecule has 0 bridgehead atoms. The minimum absolute atomic E-state index is 0.0433. The minimum atomic E-state index is 0.0433. The molecule has 0 N–H and O–H groups in total. The Morgan fingerprint density at radius 2 is 2.00 bits per heavy atom. The van der Waals surface area contributed by atoms with E-state index in [1.54, 1.807) is 6.07 Å². The van der Waals surface area contributed by atoms with Gasteiger partial charge in [0.15, 0.2) is 5.78 Å². The van der Waals surface area contributed by atoms with E-state index in [-0.39, 0.29) is 5.78 Å². The van der Waals surface area contributed by atoms with Crippen LogP contribution >= 0.6 is 15.9 Å². The lowest BCUT2D eigenvalue weighted by Crippen LogP contribution is -2.04. The van der Waals surface area contributed by atoms with Crippen molar-refractivity contribution in [2.45, 2.75) is 6.42 Å². The lowest BCUT2D eigenvalue weighted by atomic mass is 10.1. The Balaban J connectivity index is 2.18. The van der Waals surface area contributed by atoms with Crippen LogP contribution in [0.15, 0.2) is 47.2 Å². The number of carbonyl (C=O) groups is 1. The summed E-state index contributed by atoms with van der Waals surface area (Å²) in [5, 5.41) is 7.33. The van der Waals surface area contributed by atoms with Crippen LogP contribution in [-0.4, -0.2) is 16.0 Å². The zero-order valence-electron chi connectivity index (χ0n) is 8.43. The van der Waals surface area contributed by atoms with E-state index in [0.717, 1.165) is 10.0 Å². The number of benzene rings is 1. The number of hydrogen-bond donors (Lipinski definition) is 0. The second-order valence-electron chi connectivity index (χ2n) is 3.32. The summed E-state index contributed by atoms with van der Waals surface area (Å²) in [6, 6.07) is 9.36. The third-order valence-corrected chi connectivity index (χ3v) is 2.99. The van der Waals surface area contributed by atoms with Gasteiger partial charge in [0.25, 0.3) is 0 Å². The summed E-state index contributed by atoms with van der Waals surface area (Å²) in [5.74, 6) is 0.0433. The van der Waals surface area contributed by atoms with Gasteiger partial charge in [0, 0.05) is 16.5 Å². The standard InChI is InChI=1S/C12H9BrN2O/c13-11-4-2-1-3-9(11)7-12(16)10-5-6-14-15-8-10/h1-6,8H,7H2. The van der Waals surface area contributed by atoms with Crippen LogP contribution in [0, 0.1) is 0 Å². The van der Waals surface area contributed by atoms with E-state index < -0.39 is 0 Å². The van der Waals surface area contributed by atoms with Crippen molar-refractivity contribution in [3.63, 3.8) is 0 Å². The Morgan fingerprint density at radius 1 is 1.19 bits per heavy atom. The minimum Gasteiger partial charge on any atom is -0.294 e. The molecule has 0 spiro atoms. The highest BCUT2D eigenvalue weighted by Gasteiger charge is 2.08. The predicted molar refractivity (Wildman–Crippen MR) is 64.2 cm³/mol. The Kier molecular flexibility index (Phi) is 3.41. The monoisotopic (exact) mass is 276 g/mol. The summed E-state index contributed by atoms with van der Waals surface area (Å²) in [5.41, 5.74) is 1.56. The second kappa shape index (κ2) is 4.99. The molecule has 2 rings (SSSR count). The van der Waals surface area contributed by atoms with Crippen molar-refractivity contribution in [1.82, 2.24) is 10.2 Å². The molecule has 0 radical (unpaired) electrons. The van der Waals surface area contributed by atoms with Crippen molar-refractivity contribution in [3.05, 3.63) is 58.3 Å². The quantitative estimate of drug-likeness (QED) is 0.810. The third-order valence-electron chi connectivity index (χ3n) is 2.22. The van der Waals surface area contributed by atoms with Crippen molar-refractivity contribution >= 4 is 21.7 Å². The Labute approximate surface area is 102 Å². The van der Waals surface area contributed by atoms with Gasteiger partial charge >= 0.3 is 0 Å². The van der Waals surface area contributed by atoms with Crippen LogP contribution < -0.4 is 0 Å². The molecule has 0 aliphatic heterocycles. The maximum absolute atomic E-state index is 11.9. The van der Waals surface area contributed by atoms with Gasteiger partial charge in [-0.1, -0.05) is 34.1 Å². The highest BCUT2D eigenvalue weighted by Crippen LogP contribution is 2.17. The highest BCUT2D eigenvalue weighted by atomic mass is 79.9. The number of ketones is 1. The van der Waals surface area contributed by atoms with Crippen molar-refractivity contribution in [2.24, 2.45) is 0 Å². The summed E-state index contributed by atoms with van der Waals surface area (Å²) < 4.78 is 0.949. The molecule has 0 saturated heterocycles. The molecule has 16 heavy (non-hydrogen) atoms. The number of carbonyl (C=O) groups excluding carboxylic acids is 1. The topological polar surface area (TPSA) is 42.9 Å². The summed E-state index contributed by atoms with van der Waals surface area (Å²) in [4.78, 5) is 11.9. The van der Waals surface area contributed by atoms with E-state index in [1.165, 1.54) is 12.4 Å². The number of aromatic nitrogens is 2. The maximum atomic E-state index is 11.9.